The number of rotatable bonds is 2. The van der Waals surface area contributed by atoms with E-state index in [1.54, 1.807) is 6.20 Å². The lowest BCUT2D eigenvalue weighted by Crippen LogP contribution is -2.20. The van der Waals surface area contributed by atoms with Crippen molar-refractivity contribution in [1.82, 2.24) is 4.98 Å². The number of oxazole rings is 1. The SMILES string of the molecule is Cc1cnc([C@H]2CC[C@H](C(=O)O)CC2)o1. The van der Waals surface area contributed by atoms with Crippen LogP contribution in [-0.2, 0) is 4.79 Å². The number of aryl methyl sites for hydroxylation is 1. The fourth-order valence-corrected chi connectivity index (χ4v) is 2.15. The van der Waals surface area contributed by atoms with Crippen molar-refractivity contribution < 1.29 is 14.3 Å². The van der Waals surface area contributed by atoms with E-state index in [0.29, 0.717) is 5.92 Å². The molecule has 1 N–H and O–H groups in total. The third-order valence-corrected chi connectivity index (χ3v) is 3.06. The van der Waals surface area contributed by atoms with Gasteiger partial charge < -0.3 is 9.52 Å². The van der Waals surface area contributed by atoms with E-state index in [2.05, 4.69) is 4.98 Å². The molecule has 0 saturated heterocycles. The lowest BCUT2D eigenvalue weighted by molar-refractivity contribution is -0.142. The second-order valence-corrected chi connectivity index (χ2v) is 4.20. The fraction of sp³-hybridized carbons (Fsp3) is 0.636. The van der Waals surface area contributed by atoms with E-state index in [4.69, 9.17) is 9.52 Å². The molecule has 82 valence electrons. The zero-order chi connectivity index (χ0) is 10.8. The molecule has 0 unspecified atom stereocenters. The van der Waals surface area contributed by atoms with Crippen LogP contribution >= 0.6 is 0 Å². The van der Waals surface area contributed by atoms with E-state index in [1.165, 1.54) is 0 Å². The van der Waals surface area contributed by atoms with Gasteiger partial charge in [0.15, 0.2) is 5.89 Å². The number of nitrogens with zero attached hydrogens (tertiary/aromatic N) is 1. The van der Waals surface area contributed by atoms with E-state index in [1.807, 2.05) is 6.92 Å². The summed E-state index contributed by atoms with van der Waals surface area (Å²) in [5.74, 6) is 1.07. The molecule has 0 amide bonds. The number of carbonyl (C=O) groups is 1. The summed E-state index contributed by atoms with van der Waals surface area (Å²) in [5.41, 5.74) is 0. The summed E-state index contributed by atoms with van der Waals surface area (Å²) in [4.78, 5) is 15.0. The topological polar surface area (TPSA) is 63.3 Å². The Morgan fingerprint density at radius 2 is 2.13 bits per heavy atom. The van der Waals surface area contributed by atoms with Crippen LogP contribution in [0, 0.1) is 12.8 Å². The first kappa shape index (κ1) is 10.2. The first-order valence-electron chi connectivity index (χ1n) is 5.32. The molecule has 2 rings (SSSR count). The molecule has 1 aliphatic rings. The molecular weight excluding hydrogens is 194 g/mol. The maximum Gasteiger partial charge on any atom is 0.306 e. The summed E-state index contributed by atoms with van der Waals surface area (Å²) in [6.45, 7) is 1.87. The summed E-state index contributed by atoms with van der Waals surface area (Å²) in [5, 5.41) is 8.86. The molecule has 0 bridgehead atoms. The Labute approximate surface area is 88.3 Å². The van der Waals surface area contributed by atoms with Gasteiger partial charge in [0, 0.05) is 5.92 Å². The molecule has 4 heteroatoms. The molecule has 4 nitrogen and oxygen atoms in total. The maximum atomic E-state index is 10.8. The second kappa shape index (κ2) is 4.04. The highest BCUT2D eigenvalue weighted by atomic mass is 16.4. The Hall–Kier alpha value is -1.32. The average molecular weight is 209 g/mol. The van der Waals surface area contributed by atoms with Gasteiger partial charge in [-0.25, -0.2) is 4.98 Å². The predicted molar refractivity (Wildman–Crippen MR) is 53.6 cm³/mol. The Morgan fingerprint density at radius 1 is 1.47 bits per heavy atom. The van der Waals surface area contributed by atoms with Crippen molar-refractivity contribution in [2.75, 3.05) is 0 Å². The molecule has 15 heavy (non-hydrogen) atoms. The number of hydrogen-bond donors (Lipinski definition) is 1. The molecule has 0 aliphatic heterocycles. The molecule has 1 heterocycles. The largest absolute Gasteiger partial charge is 0.481 e. The number of aliphatic carboxylic acids is 1. The smallest absolute Gasteiger partial charge is 0.306 e. The van der Waals surface area contributed by atoms with Crippen molar-refractivity contribution in [3.05, 3.63) is 17.8 Å². The van der Waals surface area contributed by atoms with Gasteiger partial charge >= 0.3 is 5.97 Å². The molecule has 1 aliphatic carbocycles. The molecule has 0 aromatic carbocycles. The van der Waals surface area contributed by atoms with Gasteiger partial charge in [-0.15, -0.1) is 0 Å². The van der Waals surface area contributed by atoms with Gasteiger partial charge in [0.1, 0.15) is 5.76 Å². The van der Waals surface area contributed by atoms with Gasteiger partial charge in [-0.3, -0.25) is 4.79 Å². The third-order valence-electron chi connectivity index (χ3n) is 3.06. The monoisotopic (exact) mass is 209 g/mol. The van der Waals surface area contributed by atoms with E-state index < -0.39 is 5.97 Å². The van der Waals surface area contributed by atoms with Crippen LogP contribution in [-0.4, -0.2) is 16.1 Å². The molecule has 1 saturated carbocycles. The molecule has 1 fully saturated rings. The van der Waals surface area contributed by atoms with Crippen LogP contribution in [0.1, 0.15) is 43.3 Å². The first-order valence-corrected chi connectivity index (χ1v) is 5.32. The lowest BCUT2D eigenvalue weighted by Gasteiger charge is -2.23. The summed E-state index contributed by atoms with van der Waals surface area (Å²) < 4.78 is 5.46. The quantitative estimate of drug-likeness (QED) is 0.812. The van der Waals surface area contributed by atoms with Gasteiger partial charge in [0.2, 0.25) is 0 Å². The Morgan fingerprint density at radius 3 is 2.60 bits per heavy atom. The van der Waals surface area contributed by atoms with Gasteiger partial charge in [0.25, 0.3) is 0 Å². The molecule has 0 spiro atoms. The minimum atomic E-state index is -0.669. The normalized spacial score (nSPS) is 26.5. The van der Waals surface area contributed by atoms with E-state index in [0.717, 1.165) is 37.3 Å². The number of carboxylic acid groups (broad SMARTS) is 1. The van der Waals surface area contributed by atoms with Crippen LogP contribution in [0.2, 0.25) is 0 Å². The van der Waals surface area contributed by atoms with Crippen LogP contribution in [0.15, 0.2) is 10.6 Å². The van der Waals surface area contributed by atoms with E-state index in [9.17, 15) is 4.79 Å². The molecule has 0 radical (unpaired) electrons. The standard InChI is InChI=1S/C11H15NO3/c1-7-6-12-10(15-7)8-2-4-9(5-3-8)11(13)14/h6,8-9H,2-5H2,1H3,(H,13,14)/t8-,9-. The van der Waals surface area contributed by atoms with Gasteiger partial charge in [0.05, 0.1) is 12.1 Å². The molecule has 0 atom stereocenters. The molecule has 1 aromatic heterocycles. The molecule has 1 aromatic rings. The number of aromatic nitrogens is 1. The van der Waals surface area contributed by atoms with Crippen molar-refractivity contribution in [1.29, 1.82) is 0 Å². The highest BCUT2D eigenvalue weighted by Gasteiger charge is 2.28. The van der Waals surface area contributed by atoms with Crippen LogP contribution in [0.25, 0.3) is 0 Å². The first-order chi connectivity index (χ1) is 7.16. The number of carboxylic acids is 1. The van der Waals surface area contributed by atoms with Crippen molar-refractivity contribution in [2.24, 2.45) is 5.92 Å². The highest BCUT2D eigenvalue weighted by Crippen LogP contribution is 2.35. The van der Waals surface area contributed by atoms with Gasteiger partial charge in [-0.2, -0.15) is 0 Å². The third kappa shape index (κ3) is 2.19. The minimum absolute atomic E-state index is 0.169. The Kier molecular flexibility index (Phi) is 2.75. The van der Waals surface area contributed by atoms with Gasteiger partial charge in [-0.1, -0.05) is 0 Å². The van der Waals surface area contributed by atoms with E-state index >= 15 is 0 Å². The summed E-state index contributed by atoms with van der Waals surface area (Å²) in [6.07, 6.45) is 4.94. The van der Waals surface area contributed by atoms with Crippen molar-refractivity contribution in [3.63, 3.8) is 0 Å². The lowest BCUT2D eigenvalue weighted by atomic mass is 9.82. The predicted octanol–water partition coefficient (Wildman–Crippen LogP) is 2.34. The number of hydrogen-bond acceptors (Lipinski definition) is 3. The Bertz CT molecular complexity index is 350. The summed E-state index contributed by atoms with van der Waals surface area (Å²) in [6, 6.07) is 0. The highest BCUT2D eigenvalue weighted by molar-refractivity contribution is 5.70. The van der Waals surface area contributed by atoms with Crippen molar-refractivity contribution in [3.8, 4) is 0 Å². The van der Waals surface area contributed by atoms with Gasteiger partial charge in [-0.05, 0) is 32.6 Å². The average Bonchev–Trinajstić information content (AvgIpc) is 2.65. The van der Waals surface area contributed by atoms with Crippen LogP contribution in [0.5, 0.6) is 0 Å². The molecular formula is C11H15NO3. The van der Waals surface area contributed by atoms with Crippen molar-refractivity contribution in [2.45, 2.75) is 38.5 Å². The van der Waals surface area contributed by atoms with Crippen LogP contribution in [0.3, 0.4) is 0 Å². The van der Waals surface area contributed by atoms with Crippen LogP contribution in [0.4, 0.5) is 0 Å². The minimum Gasteiger partial charge on any atom is -0.481 e. The summed E-state index contributed by atoms with van der Waals surface area (Å²) >= 11 is 0. The second-order valence-electron chi connectivity index (χ2n) is 4.20. The maximum absolute atomic E-state index is 10.8. The Balaban J connectivity index is 1.96. The van der Waals surface area contributed by atoms with Crippen LogP contribution < -0.4 is 0 Å². The van der Waals surface area contributed by atoms with E-state index in [-0.39, 0.29) is 5.92 Å². The van der Waals surface area contributed by atoms with Crippen molar-refractivity contribution >= 4 is 5.97 Å². The zero-order valence-corrected chi connectivity index (χ0v) is 8.77. The summed E-state index contributed by atoms with van der Waals surface area (Å²) in [7, 11) is 0. The zero-order valence-electron chi connectivity index (χ0n) is 8.77. The fourth-order valence-electron chi connectivity index (χ4n) is 2.15.